The SMILES string of the molecule is C=C(C)/C=C/C(=O)/C=C/C(=C)C. The first-order valence-corrected chi connectivity index (χ1v) is 3.73. The quantitative estimate of drug-likeness (QED) is 0.459. The summed E-state index contributed by atoms with van der Waals surface area (Å²) in [7, 11) is 0. The summed E-state index contributed by atoms with van der Waals surface area (Å²) in [5.41, 5.74) is 1.74. The normalized spacial score (nSPS) is 10.8. The average Bonchev–Trinajstić information content (AvgIpc) is 1.96. The maximum Gasteiger partial charge on any atom is 0.178 e. The summed E-state index contributed by atoms with van der Waals surface area (Å²) in [6.45, 7) is 11.0. The lowest BCUT2D eigenvalue weighted by Gasteiger charge is -1.85. The van der Waals surface area contributed by atoms with E-state index in [4.69, 9.17) is 0 Å². The Balaban J connectivity index is 4.07. The van der Waals surface area contributed by atoms with Crippen molar-refractivity contribution in [1.29, 1.82) is 0 Å². The standard InChI is InChI=1S/C11H14O/c1-9(2)5-7-11(12)8-6-10(3)4/h5-8H,1,3H2,2,4H3/b7-5+,8-6+. The van der Waals surface area contributed by atoms with Gasteiger partial charge in [-0.05, 0) is 26.0 Å². The van der Waals surface area contributed by atoms with Crippen LogP contribution in [-0.2, 0) is 4.79 Å². The minimum Gasteiger partial charge on any atom is -0.290 e. The van der Waals surface area contributed by atoms with Crippen molar-refractivity contribution in [3.05, 3.63) is 48.6 Å². The van der Waals surface area contributed by atoms with Gasteiger partial charge in [-0.2, -0.15) is 0 Å². The summed E-state index contributed by atoms with van der Waals surface area (Å²) >= 11 is 0. The fourth-order valence-electron chi connectivity index (χ4n) is 0.504. The van der Waals surface area contributed by atoms with E-state index in [1.54, 1.807) is 12.2 Å². The Hall–Kier alpha value is -1.37. The molecule has 0 aliphatic carbocycles. The summed E-state index contributed by atoms with van der Waals surface area (Å²) in [5.74, 6) is -0.0407. The Morgan fingerprint density at radius 1 is 0.917 bits per heavy atom. The zero-order chi connectivity index (χ0) is 9.56. The first-order valence-electron chi connectivity index (χ1n) is 3.73. The molecular formula is C11H14O. The van der Waals surface area contributed by atoms with Gasteiger partial charge < -0.3 is 0 Å². The molecule has 0 heterocycles. The van der Waals surface area contributed by atoms with Crippen LogP contribution in [0.4, 0.5) is 0 Å². The van der Waals surface area contributed by atoms with Crippen LogP contribution in [0.5, 0.6) is 0 Å². The summed E-state index contributed by atoms with van der Waals surface area (Å²) in [4.78, 5) is 11.0. The number of hydrogen-bond acceptors (Lipinski definition) is 1. The highest BCUT2D eigenvalue weighted by Crippen LogP contribution is 1.93. The van der Waals surface area contributed by atoms with Crippen LogP contribution < -0.4 is 0 Å². The Morgan fingerprint density at radius 3 is 1.50 bits per heavy atom. The van der Waals surface area contributed by atoms with Crippen molar-refractivity contribution in [3.63, 3.8) is 0 Å². The number of allylic oxidation sites excluding steroid dienone is 6. The van der Waals surface area contributed by atoms with Crippen molar-refractivity contribution in [2.75, 3.05) is 0 Å². The Labute approximate surface area is 73.8 Å². The van der Waals surface area contributed by atoms with E-state index in [-0.39, 0.29) is 5.78 Å². The van der Waals surface area contributed by atoms with Crippen LogP contribution in [0.3, 0.4) is 0 Å². The molecule has 0 bridgehead atoms. The van der Waals surface area contributed by atoms with Gasteiger partial charge in [0, 0.05) is 0 Å². The maximum atomic E-state index is 11.0. The van der Waals surface area contributed by atoms with Crippen molar-refractivity contribution >= 4 is 5.78 Å². The number of carbonyl (C=O) groups is 1. The number of ketones is 1. The van der Waals surface area contributed by atoms with Crippen molar-refractivity contribution < 1.29 is 4.79 Å². The molecule has 0 N–H and O–H groups in total. The molecule has 0 aliphatic heterocycles. The third kappa shape index (κ3) is 6.75. The molecule has 0 aromatic rings. The summed E-state index contributed by atoms with van der Waals surface area (Å²) in [6.07, 6.45) is 6.35. The van der Waals surface area contributed by atoms with Gasteiger partial charge in [0.05, 0.1) is 0 Å². The van der Waals surface area contributed by atoms with Crippen LogP contribution in [0.1, 0.15) is 13.8 Å². The van der Waals surface area contributed by atoms with Gasteiger partial charge in [0.15, 0.2) is 5.78 Å². The molecule has 0 unspecified atom stereocenters. The highest BCUT2D eigenvalue weighted by Gasteiger charge is 1.86. The molecule has 0 aromatic heterocycles. The van der Waals surface area contributed by atoms with E-state index in [2.05, 4.69) is 13.2 Å². The van der Waals surface area contributed by atoms with Crippen LogP contribution in [-0.4, -0.2) is 5.78 Å². The first-order chi connectivity index (χ1) is 5.52. The third-order valence-electron chi connectivity index (χ3n) is 1.06. The van der Waals surface area contributed by atoms with E-state index in [1.165, 1.54) is 12.2 Å². The molecule has 0 aromatic carbocycles. The minimum absolute atomic E-state index is 0.0407. The smallest absolute Gasteiger partial charge is 0.178 e. The molecule has 0 amide bonds. The second-order valence-corrected chi connectivity index (χ2v) is 2.76. The number of rotatable bonds is 4. The summed E-state index contributed by atoms with van der Waals surface area (Å²) in [5, 5.41) is 0. The minimum atomic E-state index is -0.0407. The van der Waals surface area contributed by atoms with Crippen LogP contribution in [0, 0.1) is 0 Å². The molecule has 0 fully saturated rings. The molecule has 1 heteroatoms. The number of hydrogen-bond donors (Lipinski definition) is 0. The van der Waals surface area contributed by atoms with Crippen LogP contribution in [0.15, 0.2) is 48.6 Å². The fraction of sp³-hybridized carbons (Fsp3) is 0.182. The molecule has 0 saturated heterocycles. The van der Waals surface area contributed by atoms with Gasteiger partial charge in [-0.1, -0.05) is 36.5 Å². The average molecular weight is 162 g/mol. The number of carbonyl (C=O) groups excluding carboxylic acids is 1. The predicted molar refractivity (Wildman–Crippen MR) is 52.9 cm³/mol. The molecule has 1 nitrogen and oxygen atoms in total. The lowest BCUT2D eigenvalue weighted by atomic mass is 10.2. The maximum absolute atomic E-state index is 11.0. The molecule has 0 atom stereocenters. The predicted octanol–water partition coefficient (Wildman–Crippen LogP) is 2.82. The molecule has 0 radical (unpaired) electrons. The third-order valence-corrected chi connectivity index (χ3v) is 1.06. The monoisotopic (exact) mass is 162 g/mol. The molecule has 0 spiro atoms. The van der Waals surface area contributed by atoms with Gasteiger partial charge in [-0.25, -0.2) is 0 Å². The molecule has 12 heavy (non-hydrogen) atoms. The molecule has 0 aliphatic rings. The van der Waals surface area contributed by atoms with Crippen LogP contribution in [0.2, 0.25) is 0 Å². The van der Waals surface area contributed by atoms with Crippen molar-refractivity contribution in [2.45, 2.75) is 13.8 Å². The van der Waals surface area contributed by atoms with Gasteiger partial charge in [-0.15, -0.1) is 0 Å². The Bertz CT molecular complexity index is 228. The summed E-state index contributed by atoms with van der Waals surface area (Å²) < 4.78 is 0. The molecule has 0 saturated carbocycles. The van der Waals surface area contributed by atoms with Crippen molar-refractivity contribution in [1.82, 2.24) is 0 Å². The van der Waals surface area contributed by atoms with E-state index in [9.17, 15) is 4.79 Å². The van der Waals surface area contributed by atoms with E-state index in [0.29, 0.717) is 0 Å². The van der Waals surface area contributed by atoms with Crippen molar-refractivity contribution in [3.8, 4) is 0 Å². The van der Waals surface area contributed by atoms with Crippen LogP contribution >= 0.6 is 0 Å². The molecule has 0 rings (SSSR count). The fourth-order valence-corrected chi connectivity index (χ4v) is 0.504. The second kappa shape index (κ2) is 5.30. The van der Waals surface area contributed by atoms with E-state index in [0.717, 1.165) is 11.1 Å². The zero-order valence-electron chi connectivity index (χ0n) is 7.63. The van der Waals surface area contributed by atoms with Gasteiger partial charge in [0.2, 0.25) is 0 Å². The highest BCUT2D eigenvalue weighted by molar-refractivity contribution is 5.99. The Morgan fingerprint density at radius 2 is 1.25 bits per heavy atom. The van der Waals surface area contributed by atoms with Gasteiger partial charge >= 0.3 is 0 Å². The lowest BCUT2D eigenvalue weighted by Crippen LogP contribution is -1.84. The van der Waals surface area contributed by atoms with Gasteiger partial charge in [0.25, 0.3) is 0 Å². The van der Waals surface area contributed by atoms with E-state index in [1.807, 2.05) is 13.8 Å². The topological polar surface area (TPSA) is 17.1 Å². The second-order valence-electron chi connectivity index (χ2n) is 2.76. The first kappa shape index (κ1) is 10.6. The van der Waals surface area contributed by atoms with E-state index < -0.39 is 0 Å². The van der Waals surface area contributed by atoms with Crippen molar-refractivity contribution in [2.24, 2.45) is 0 Å². The zero-order valence-corrected chi connectivity index (χ0v) is 7.63. The summed E-state index contributed by atoms with van der Waals surface area (Å²) in [6, 6.07) is 0. The lowest BCUT2D eigenvalue weighted by molar-refractivity contribution is -0.110. The molecular weight excluding hydrogens is 148 g/mol. The van der Waals surface area contributed by atoms with Gasteiger partial charge in [-0.3, -0.25) is 4.79 Å². The van der Waals surface area contributed by atoms with Gasteiger partial charge in [0.1, 0.15) is 0 Å². The molecule has 64 valence electrons. The largest absolute Gasteiger partial charge is 0.290 e. The Kier molecular flexibility index (Phi) is 4.70. The highest BCUT2D eigenvalue weighted by atomic mass is 16.1. The van der Waals surface area contributed by atoms with E-state index >= 15 is 0 Å². The van der Waals surface area contributed by atoms with Crippen LogP contribution in [0.25, 0.3) is 0 Å².